The Morgan fingerprint density at radius 1 is 1.12 bits per heavy atom. The number of H-pyrrole nitrogens is 1. The van der Waals surface area contributed by atoms with E-state index in [1.165, 1.54) is 4.68 Å². The summed E-state index contributed by atoms with van der Waals surface area (Å²) in [5.41, 5.74) is 3.46. The number of nitrogens with one attached hydrogen (secondary N) is 1. The summed E-state index contributed by atoms with van der Waals surface area (Å²) in [6.45, 7) is 3.72. The normalized spacial score (nSPS) is 11.6. The highest BCUT2D eigenvalue weighted by molar-refractivity contribution is 9.10. The second-order valence-corrected chi connectivity index (χ2v) is 6.54. The summed E-state index contributed by atoms with van der Waals surface area (Å²) >= 11 is 3.40. The van der Waals surface area contributed by atoms with Gasteiger partial charge in [-0.05, 0) is 62.4 Å². The van der Waals surface area contributed by atoms with E-state index >= 15 is 0 Å². The van der Waals surface area contributed by atoms with Crippen molar-refractivity contribution in [1.82, 2.24) is 9.78 Å². The summed E-state index contributed by atoms with van der Waals surface area (Å²) < 4.78 is 7.67. The summed E-state index contributed by atoms with van der Waals surface area (Å²) in [7, 11) is 1.61. The van der Waals surface area contributed by atoms with Gasteiger partial charge in [-0.2, -0.15) is 0 Å². The Morgan fingerprint density at radius 2 is 1.76 bits per heavy atom. The Kier molecular flexibility index (Phi) is 4.90. The van der Waals surface area contributed by atoms with E-state index in [2.05, 4.69) is 26.0 Å². The lowest BCUT2D eigenvalue weighted by Crippen LogP contribution is -2.19. The first-order valence-electron chi connectivity index (χ1n) is 7.77. The van der Waals surface area contributed by atoms with Crippen LogP contribution in [-0.4, -0.2) is 22.6 Å². The number of ether oxygens (including phenoxy) is 1. The highest BCUT2D eigenvalue weighted by atomic mass is 79.9. The van der Waals surface area contributed by atoms with Crippen LogP contribution in [0.4, 0.5) is 5.69 Å². The molecule has 0 spiro atoms. The number of aryl methyl sites for hydroxylation is 1. The zero-order valence-corrected chi connectivity index (χ0v) is 15.8. The largest absolute Gasteiger partial charge is 0.497 e. The maximum absolute atomic E-state index is 12.8. The maximum Gasteiger partial charge on any atom is 0.280 e. The lowest BCUT2D eigenvalue weighted by molar-refractivity contribution is 0.414. The number of nitrogens with zero attached hydrogens (tertiary/aromatic N) is 2. The Balaban J connectivity index is 2.01. The van der Waals surface area contributed by atoms with Gasteiger partial charge in [-0.1, -0.05) is 15.9 Å². The first-order chi connectivity index (χ1) is 12.0. The minimum atomic E-state index is -0.124. The van der Waals surface area contributed by atoms with Crippen LogP contribution in [0, 0.1) is 6.92 Å². The minimum Gasteiger partial charge on any atom is -0.497 e. The first-order valence-corrected chi connectivity index (χ1v) is 8.56. The van der Waals surface area contributed by atoms with E-state index in [-0.39, 0.29) is 5.56 Å². The Morgan fingerprint density at radius 3 is 2.36 bits per heavy atom. The second kappa shape index (κ2) is 7.11. The van der Waals surface area contributed by atoms with Gasteiger partial charge in [-0.3, -0.25) is 14.9 Å². The molecule has 128 valence electrons. The fraction of sp³-hybridized carbons (Fsp3) is 0.158. The highest BCUT2D eigenvalue weighted by Crippen LogP contribution is 2.19. The van der Waals surface area contributed by atoms with Gasteiger partial charge >= 0.3 is 0 Å². The lowest BCUT2D eigenvalue weighted by atomic mass is 10.1. The number of aromatic amines is 1. The molecule has 0 saturated heterocycles. The van der Waals surface area contributed by atoms with Crippen molar-refractivity contribution in [3.63, 3.8) is 0 Å². The molecule has 0 aliphatic heterocycles. The van der Waals surface area contributed by atoms with Crippen LogP contribution in [-0.2, 0) is 0 Å². The molecule has 0 amide bonds. The third kappa shape index (κ3) is 3.58. The Hall–Kier alpha value is -2.60. The van der Waals surface area contributed by atoms with Gasteiger partial charge in [-0.25, -0.2) is 4.68 Å². The van der Waals surface area contributed by atoms with Crippen LogP contribution in [0.1, 0.15) is 18.2 Å². The summed E-state index contributed by atoms with van der Waals surface area (Å²) in [4.78, 5) is 17.4. The zero-order valence-electron chi connectivity index (χ0n) is 14.2. The molecular formula is C19H18BrN3O2. The fourth-order valence-electron chi connectivity index (χ4n) is 2.65. The monoisotopic (exact) mass is 399 g/mol. The predicted octanol–water partition coefficient (Wildman–Crippen LogP) is 4.39. The predicted molar refractivity (Wildman–Crippen MR) is 104 cm³/mol. The molecule has 6 heteroatoms. The molecule has 0 fully saturated rings. The van der Waals surface area contributed by atoms with Gasteiger partial charge in [0.2, 0.25) is 0 Å². The van der Waals surface area contributed by atoms with Crippen molar-refractivity contribution in [2.45, 2.75) is 13.8 Å². The molecular weight excluding hydrogens is 382 g/mol. The number of hydrogen-bond donors (Lipinski definition) is 1. The van der Waals surface area contributed by atoms with Gasteiger partial charge in [0.15, 0.2) is 0 Å². The number of aliphatic imine (C=N–C) groups is 1. The number of halogens is 1. The average molecular weight is 400 g/mol. The molecule has 5 nitrogen and oxygen atoms in total. The van der Waals surface area contributed by atoms with Crippen molar-refractivity contribution in [2.75, 3.05) is 7.11 Å². The number of rotatable bonds is 4. The van der Waals surface area contributed by atoms with Crippen molar-refractivity contribution < 1.29 is 4.74 Å². The summed E-state index contributed by atoms with van der Waals surface area (Å²) in [5, 5.41) is 3.12. The van der Waals surface area contributed by atoms with E-state index in [4.69, 9.17) is 4.74 Å². The minimum absolute atomic E-state index is 0.124. The van der Waals surface area contributed by atoms with Gasteiger partial charge in [0.05, 0.1) is 29.8 Å². The molecule has 0 radical (unpaired) electrons. The molecule has 0 aliphatic rings. The molecule has 2 aromatic carbocycles. The Bertz CT molecular complexity index is 967. The lowest BCUT2D eigenvalue weighted by Gasteiger charge is -2.03. The summed E-state index contributed by atoms with van der Waals surface area (Å²) in [6.07, 6.45) is 0. The molecule has 3 aromatic rings. The van der Waals surface area contributed by atoms with Crippen molar-refractivity contribution in [1.29, 1.82) is 0 Å². The van der Waals surface area contributed by atoms with E-state index in [0.29, 0.717) is 11.3 Å². The topological polar surface area (TPSA) is 59.4 Å². The standard InChI is InChI=1S/C19H18BrN3O2/c1-12(21-15-6-4-14(20)5-7-15)18-13(2)22-23(19(18)24)16-8-10-17(25-3)11-9-16/h4-11,22H,1-3H3. The highest BCUT2D eigenvalue weighted by Gasteiger charge is 2.15. The SMILES string of the molecule is COc1ccc(-n2[nH]c(C)c(C(C)=Nc3ccc(Br)cc3)c2=O)cc1. The third-order valence-corrected chi connectivity index (χ3v) is 4.42. The summed E-state index contributed by atoms with van der Waals surface area (Å²) in [5.74, 6) is 0.744. The number of hydrogen-bond acceptors (Lipinski definition) is 3. The number of methoxy groups -OCH3 is 1. The van der Waals surface area contributed by atoms with E-state index in [9.17, 15) is 4.79 Å². The van der Waals surface area contributed by atoms with Gasteiger partial charge in [0.25, 0.3) is 5.56 Å². The van der Waals surface area contributed by atoms with E-state index in [0.717, 1.165) is 27.3 Å². The quantitative estimate of drug-likeness (QED) is 0.661. The molecule has 0 bridgehead atoms. The van der Waals surface area contributed by atoms with Crippen LogP contribution in [0.2, 0.25) is 0 Å². The average Bonchev–Trinajstić information content (AvgIpc) is 2.91. The number of benzene rings is 2. The van der Waals surface area contributed by atoms with Crippen LogP contribution in [0.25, 0.3) is 5.69 Å². The van der Waals surface area contributed by atoms with Crippen LogP contribution < -0.4 is 10.3 Å². The molecule has 3 rings (SSSR count). The van der Waals surface area contributed by atoms with Gasteiger partial charge in [-0.15, -0.1) is 0 Å². The molecule has 0 aliphatic carbocycles. The van der Waals surface area contributed by atoms with Gasteiger partial charge in [0.1, 0.15) is 5.75 Å². The molecule has 1 heterocycles. The smallest absolute Gasteiger partial charge is 0.280 e. The maximum atomic E-state index is 12.8. The third-order valence-electron chi connectivity index (χ3n) is 3.89. The van der Waals surface area contributed by atoms with E-state index in [1.54, 1.807) is 7.11 Å². The van der Waals surface area contributed by atoms with Crippen molar-refractivity contribution in [3.8, 4) is 11.4 Å². The second-order valence-electron chi connectivity index (χ2n) is 5.62. The molecule has 0 atom stereocenters. The first kappa shape index (κ1) is 17.2. The molecule has 0 saturated carbocycles. The van der Waals surface area contributed by atoms with Crippen molar-refractivity contribution in [2.24, 2.45) is 4.99 Å². The van der Waals surface area contributed by atoms with Gasteiger partial charge < -0.3 is 4.74 Å². The fourth-order valence-corrected chi connectivity index (χ4v) is 2.92. The zero-order chi connectivity index (χ0) is 18.0. The van der Waals surface area contributed by atoms with E-state index in [1.807, 2.05) is 62.4 Å². The van der Waals surface area contributed by atoms with Crippen molar-refractivity contribution in [3.05, 3.63) is 74.6 Å². The van der Waals surface area contributed by atoms with Crippen LogP contribution in [0.3, 0.4) is 0 Å². The van der Waals surface area contributed by atoms with Crippen molar-refractivity contribution >= 4 is 27.3 Å². The summed E-state index contributed by atoms with van der Waals surface area (Å²) in [6, 6.07) is 15.0. The molecule has 1 aromatic heterocycles. The molecule has 1 N–H and O–H groups in total. The van der Waals surface area contributed by atoms with Crippen LogP contribution in [0.15, 0.2) is 62.8 Å². The van der Waals surface area contributed by atoms with E-state index < -0.39 is 0 Å². The Labute approximate surface area is 154 Å². The van der Waals surface area contributed by atoms with Gasteiger partial charge in [0, 0.05) is 10.2 Å². The molecule has 0 unspecified atom stereocenters. The molecule has 25 heavy (non-hydrogen) atoms. The number of aromatic nitrogens is 2. The van der Waals surface area contributed by atoms with Crippen LogP contribution >= 0.6 is 15.9 Å². The van der Waals surface area contributed by atoms with Crippen LogP contribution in [0.5, 0.6) is 5.75 Å².